The van der Waals surface area contributed by atoms with Crippen LogP contribution in [0, 0.1) is 0 Å². The molecule has 7 heteroatoms. The Morgan fingerprint density at radius 3 is 2.52 bits per heavy atom. The van der Waals surface area contributed by atoms with Crippen LogP contribution in [-0.4, -0.2) is 48.0 Å². The quantitative estimate of drug-likeness (QED) is 0.833. The number of nitrogens with one attached hydrogen (secondary N) is 1. The number of halogens is 1. The summed E-state index contributed by atoms with van der Waals surface area (Å²) >= 11 is 6.03. The first-order chi connectivity index (χ1) is 13.9. The van der Waals surface area contributed by atoms with E-state index in [2.05, 4.69) is 13.8 Å². The van der Waals surface area contributed by atoms with Crippen LogP contribution in [0.5, 0.6) is 0 Å². The van der Waals surface area contributed by atoms with Crippen LogP contribution in [0.3, 0.4) is 0 Å². The zero-order chi connectivity index (χ0) is 20.5. The zero-order valence-corrected chi connectivity index (χ0v) is 17.7. The maximum absolute atomic E-state index is 13.5. The van der Waals surface area contributed by atoms with E-state index in [1.54, 1.807) is 11.3 Å². The minimum Gasteiger partial charge on any atom is -0.467 e. The van der Waals surface area contributed by atoms with Gasteiger partial charge in [0.05, 0.1) is 12.0 Å². The van der Waals surface area contributed by atoms with E-state index in [0.717, 1.165) is 30.1 Å². The standard InChI is InChI=1S/C22H26ClN3O3/c1-14-12-25(13-15(2)29-14)16(3)22(27)26-20(21-5-4-10-28-21)11-19(24-26)17-6-8-18(23)9-7-17/h4-10,14-16,20H,11-13H2,1-3H3/p+1/t14-,15+,16-,20-/m0/s1. The molecule has 1 saturated heterocycles. The second-order valence-electron chi connectivity index (χ2n) is 8.02. The van der Waals surface area contributed by atoms with Gasteiger partial charge in [0.1, 0.15) is 37.1 Å². The maximum Gasteiger partial charge on any atom is 0.301 e. The van der Waals surface area contributed by atoms with Crippen molar-refractivity contribution in [3.8, 4) is 0 Å². The Morgan fingerprint density at radius 1 is 1.21 bits per heavy atom. The van der Waals surface area contributed by atoms with Crippen molar-refractivity contribution in [1.29, 1.82) is 0 Å². The Kier molecular flexibility index (Phi) is 5.76. The molecule has 1 aromatic heterocycles. The Hall–Kier alpha value is -2.15. The van der Waals surface area contributed by atoms with Crippen molar-refractivity contribution in [2.75, 3.05) is 13.1 Å². The maximum atomic E-state index is 13.5. The van der Waals surface area contributed by atoms with Crippen LogP contribution in [-0.2, 0) is 9.53 Å². The van der Waals surface area contributed by atoms with Gasteiger partial charge in [0.2, 0.25) is 0 Å². The molecule has 0 radical (unpaired) electrons. The molecule has 154 valence electrons. The lowest BCUT2D eigenvalue weighted by Crippen LogP contribution is -3.19. The summed E-state index contributed by atoms with van der Waals surface area (Å²) in [6, 6.07) is 10.9. The van der Waals surface area contributed by atoms with Crippen LogP contribution in [0.4, 0.5) is 0 Å². The molecule has 1 unspecified atom stereocenters. The van der Waals surface area contributed by atoms with Crippen molar-refractivity contribution in [3.05, 3.63) is 59.0 Å². The summed E-state index contributed by atoms with van der Waals surface area (Å²) in [5.41, 5.74) is 1.83. The van der Waals surface area contributed by atoms with Gasteiger partial charge in [-0.3, -0.25) is 4.79 Å². The number of hydrazone groups is 1. The largest absolute Gasteiger partial charge is 0.467 e. The summed E-state index contributed by atoms with van der Waals surface area (Å²) in [5.74, 6) is 0.753. The molecule has 5 atom stereocenters. The van der Waals surface area contributed by atoms with E-state index in [1.807, 2.05) is 43.3 Å². The second kappa shape index (κ2) is 8.30. The Balaban J connectivity index is 1.60. The van der Waals surface area contributed by atoms with Gasteiger partial charge < -0.3 is 14.1 Å². The summed E-state index contributed by atoms with van der Waals surface area (Å²) in [5, 5.41) is 7.02. The summed E-state index contributed by atoms with van der Waals surface area (Å²) in [4.78, 5) is 14.7. The van der Waals surface area contributed by atoms with Crippen molar-refractivity contribution < 1.29 is 18.8 Å². The van der Waals surface area contributed by atoms with Crippen LogP contribution in [0.2, 0.25) is 5.02 Å². The molecule has 2 aliphatic rings. The van der Waals surface area contributed by atoms with Crippen LogP contribution in [0.15, 0.2) is 52.2 Å². The molecule has 1 amide bonds. The van der Waals surface area contributed by atoms with Gasteiger partial charge in [0.25, 0.3) is 0 Å². The highest BCUT2D eigenvalue weighted by molar-refractivity contribution is 6.30. The number of ether oxygens (including phenoxy) is 1. The smallest absolute Gasteiger partial charge is 0.301 e. The first-order valence-corrected chi connectivity index (χ1v) is 10.5. The van der Waals surface area contributed by atoms with E-state index in [0.29, 0.717) is 11.4 Å². The molecule has 1 N–H and O–H groups in total. The van der Waals surface area contributed by atoms with Crippen molar-refractivity contribution in [3.63, 3.8) is 0 Å². The molecular weight excluding hydrogens is 390 g/mol. The van der Waals surface area contributed by atoms with Gasteiger partial charge in [-0.2, -0.15) is 5.10 Å². The number of hydrogen-bond donors (Lipinski definition) is 1. The number of quaternary nitrogens is 1. The zero-order valence-electron chi connectivity index (χ0n) is 17.0. The summed E-state index contributed by atoms with van der Waals surface area (Å²) in [6.45, 7) is 7.72. The SMILES string of the molecule is C[C@@H]1C[NH+]([C@@H](C)C(=O)N2N=C(c3ccc(Cl)cc3)C[C@H]2c2ccco2)C[C@H](C)O1. The number of carbonyl (C=O) groups is 1. The Labute approximate surface area is 176 Å². The first kappa shape index (κ1) is 20.1. The Bertz CT molecular complexity index is 871. The van der Waals surface area contributed by atoms with Gasteiger partial charge in [-0.15, -0.1) is 0 Å². The molecule has 1 fully saturated rings. The van der Waals surface area contributed by atoms with Crippen LogP contribution < -0.4 is 4.90 Å². The first-order valence-electron chi connectivity index (χ1n) is 10.1. The lowest BCUT2D eigenvalue weighted by Gasteiger charge is -2.36. The molecule has 1 aromatic carbocycles. The minimum absolute atomic E-state index is 0.00617. The predicted molar refractivity (Wildman–Crippen MR) is 111 cm³/mol. The molecule has 0 saturated carbocycles. The van der Waals surface area contributed by atoms with E-state index in [-0.39, 0.29) is 30.2 Å². The number of hydrogen-bond acceptors (Lipinski definition) is 4. The fourth-order valence-electron chi connectivity index (χ4n) is 4.27. The minimum atomic E-state index is -0.235. The monoisotopic (exact) mass is 416 g/mol. The molecule has 0 bridgehead atoms. The molecular formula is C22H27ClN3O3+. The average Bonchev–Trinajstić information content (AvgIpc) is 3.36. The van der Waals surface area contributed by atoms with Gasteiger partial charge >= 0.3 is 5.91 Å². The lowest BCUT2D eigenvalue weighted by atomic mass is 10.0. The van der Waals surface area contributed by atoms with E-state index >= 15 is 0 Å². The normalized spacial score (nSPS) is 28.3. The van der Waals surface area contributed by atoms with Crippen LogP contribution >= 0.6 is 11.6 Å². The number of furan rings is 1. The van der Waals surface area contributed by atoms with Gasteiger partial charge in [0, 0.05) is 11.4 Å². The number of nitrogens with zero attached hydrogens (tertiary/aromatic N) is 2. The van der Waals surface area contributed by atoms with Crippen LogP contribution in [0.1, 0.15) is 44.6 Å². The van der Waals surface area contributed by atoms with Crippen molar-refractivity contribution in [2.45, 2.75) is 51.5 Å². The Morgan fingerprint density at radius 2 is 1.90 bits per heavy atom. The van der Waals surface area contributed by atoms with E-state index in [9.17, 15) is 4.79 Å². The van der Waals surface area contributed by atoms with E-state index in [4.69, 9.17) is 25.9 Å². The fraction of sp³-hybridized carbons (Fsp3) is 0.455. The van der Waals surface area contributed by atoms with Crippen LogP contribution in [0.25, 0.3) is 0 Å². The highest BCUT2D eigenvalue weighted by Gasteiger charge is 2.41. The average molecular weight is 417 g/mol. The molecule has 0 aliphatic carbocycles. The topological polar surface area (TPSA) is 59.5 Å². The van der Waals surface area contributed by atoms with Gasteiger partial charge in [-0.25, -0.2) is 5.01 Å². The number of benzene rings is 1. The third-order valence-corrected chi connectivity index (χ3v) is 5.98. The van der Waals surface area contributed by atoms with Gasteiger partial charge in [0.15, 0.2) is 6.04 Å². The molecule has 6 nitrogen and oxygen atoms in total. The highest BCUT2D eigenvalue weighted by atomic mass is 35.5. The van der Waals surface area contributed by atoms with Crippen molar-refractivity contribution >= 4 is 23.2 Å². The van der Waals surface area contributed by atoms with Gasteiger partial charge in [-0.1, -0.05) is 23.7 Å². The summed E-state index contributed by atoms with van der Waals surface area (Å²) in [7, 11) is 0. The summed E-state index contributed by atoms with van der Waals surface area (Å²) < 4.78 is 11.5. The number of rotatable bonds is 4. The second-order valence-corrected chi connectivity index (χ2v) is 8.45. The highest BCUT2D eigenvalue weighted by Crippen LogP contribution is 2.33. The van der Waals surface area contributed by atoms with Crippen molar-refractivity contribution in [2.24, 2.45) is 5.10 Å². The van der Waals surface area contributed by atoms with E-state index < -0.39 is 0 Å². The summed E-state index contributed by atoms with van der Waals surface area (Å²) in [6.07, 6.45) is 2.52. The molecule has 2 aliphatic heterocycles. The third kappa shape index (κ3) is 4.25. The van der Waals surface area contributed by atoms with E-state index in [1.165, 1.54) is 4.90 Å². The number of morpholine rings is 1. The fourth-order valence-corrected chi connectivity index (χ4v) is 4.40. The predicted octanol–water partition coefficient (Wildman–Crippen LogP) is 2.69. The molecule has 2 aromatic rings. The number of amides is 1. The third-order valence-electron chi connectivity index (χ3n) is 5.73. The molecule has 3 heterocycles. The molecule has 4 rings (SSSR count). The molecule has 29 heavy (non-hydrogen) atoms. The molecule has 0 spiro atoms. The lowest BCUT2D eigenvalue weighted by molar-refractivity contribution is -0.928. The van der Waals surface area contributed by atoms with Crippen molar-refractivity contribution in [1.82, 2.24) is 5.01 Å². The number of carbonyl (C=O) groups excluding carboxylic acids is 1. The van der Waals surface area contributed by atoms with Gasteiger partial charge in [-0.05, 0) is 50.6 Å².